The predicted molar refractivity (Wildman–Crippen MR) is 36.9 cm³/mol. The van der Waals surface area contributed by atoms with Crippen molar-refractivity contribution in [2.75, 3.05) is 0 Å². The van der Waals surface area contributed by atoms with Gasteiger partial charge in [0.15, 0.2) is 5.78 Å². The van der Waals surface area contributed by atoms with Crippen molar-refractivity contribution in [3.8, 4) is 0 Å². The van der Waals surface area contributed by atoms with Crippen LogP contribution in [0.15, 0.2) is 0 Å². The number of Topliss-reactive ketones (excluding diaryl/α,β-unsaturated/α-hetero) is 1. The SMILES string of the molecule is CCC1[CH+]CC(=O)CC1. The van der Waals surface area contributed by atoms with Gasteiger partial charge in [-0.3, -0.25) is 4.79 Å². The quantitative estimate of drug-likeness (QED) is 0.490. The summed E-state index contributed by atoms with van der Waals surface area (Å²) >= 11 is 0. The summed E-state index contributed by atoms with van der Waals surface area (Å²) in [5.74, 6) is 1.14. The molecule has 0 aromatic heterocycles. The van der Waals surface area contributed by atoms with Crippen LogP contribution >= 0.6 is 0 Å². The standard InChI is InChI=1S/C8H13O/c1-2-7-3-5-8(9)6-4-7/h3,7H,2,4-6H2,1H3/q+1. The third kappa shape index (κ3) is 1.74. The molecule has 0 aromatic rings. The molecule has 0 bridgehead atoms. The molecule has 1 rings (SSSR count). The third-order valence-corrected chi connectivity index (χ3v) is 2.00. The average Bonchev–Trinajstić information content (AvgIpc) is 1.90. The number of carbonyl (C=O) groups is 1. The zero-order chi connectivity index (χ0) is 6.69. The highest BCUT2D eigenvalue weighted by Crippen LogP contribution is 2.22. The van der Waals surface area contributed by atoms with Crippen molar-refractivity contribution in [3.05, 3.63) is 6.42 Å². The van der Waals surface area contributed by atoms with Crippen LogP contribution in [0.2, 0.25) is 0 Å². The molecular weight excluding hydrogens is 112 g/mol. The van der Waals surface area contributed by atoms with Crippen LogP contribution in [-0.4, -0.2) is 5.78 Å². The van der Waals surface area contributed by atoms with E-state index in [1.165, 1.54) is 6.42 Å². The van der Waals surface area contributed by atoms with Gasteiger partial charge in [0.1, 0.15) is 6.42 Å². The average molecular weight is 125 g/mol. The van der Waals surface area contributed by atoms with Crippen LogP contribution in [0.1, 0.15) is 32.6 Å². The number of hydrogen-bond acceptors (Lipinski definition) is 1. The van der Waals surface area contributed by atoms with Crippen LogP contribution in [0.3, 0.4) is 0 Å². The van der Waals surface area contributed by atoms with Gasteiger partial charge in [-0.1, -0.05) is 6.92 Å². The molecule has 1 saturated carbocycles. The summed E-state index contributed by atoms with van der Waals surface area (Å²) in [7, 11) is 0. The Morgan fingerprint density at radius 3 is 3.00 bits per heavy atom. The fourth-order valence-electron chi connectivity index (χ4n) is 1.24. The van der Waals surface area contributed by atoms with E-state index >= 15 is 0 Å². The van der Waals surface area contributed by atoms with Gasteiger partial charge in [0.25, 0.3) is 0 Å². The van der Waals surface area contributed by atoms with E-state index in [2.05, 4.69) is 13.3 Å². The number of carbonyl (C=O) groups excluding carboxylic acids is 1. The normalized spacial score (nSPS) is 27.7. The van der Waals surface area contributed by atoms with Crippen LogP contribution < -0.4 is 0 Å². The minimum Gasteiger partial charge on any atom is -0.295 e. The van der Waals surface area contributed by atoms with E-state index in [1.54, 1.807) is 0 Å². The minimum absolute atomic E-state index is 0.416. The molecule has 0 aliphatic heterocycles. The molecular formula is C8H13O+. The molecule has 0 radical (unpaired) electrons. The topological polar surface area (TPSA) is 17.1 Å². The molecule has 0 amide bonds. The van der Waals surface area contributed by atoms with E-state index in [0.29, 0.717) is 5.78 Å². The predicted octanol–water partition coefficient (Wildman–Crippen LogP) is 1.97. The molecule has 9 heavy (non-hydrogen) atoms. The van der Waals surface area contributed by atoms with Gasteiger partial charge in [0.2, 0.25) is 0 Å². The summed E-state index contributed by atoms with van der Waals surface area (Å²) in [6, 6.07) is 0. The molecule has 0 aromatic carbocycles. The maximum atomic E-state index is 10.7. The van der Waals surface area contributed by atoms with Crippen LogP contribution in [0.4, 0.5) is 0 Å². The largest absolute Gasteiger partial charge is 0.295 e. The Kier molecular flexibility index (Phi) is 2.15. The van der Waals surface area contributed by atoms with E-state index in [-0.39, 0.29) is 0 Å². The van der Waals surface area contributed by atoms with Crippen molar-refractivity contribution < 1.29 is 4.79 Å². The molecule has 1 nitrogen and oxygen atoms in total. The first-order valence-corrected chi connectivity index (χ1v) is 3.68. The van der Waals surface area contributed by atoms with E-state index in [0.717, 1.165) is 25.2 Å². The van der Waals surface area contributed by atoms with E-state index in [1.807, 2.05) is 0 Å². The first-order chi connectivity index (χ1) is 4.33. The number of hydrogen-bond donors (Lipinski definition) is 0. The second-order valence-corrected chi connectivity index (χ2v) is 2.69. The summed E-state index contributed by atoms with van der Waals surface area (Å²) in [6.45, 7) is 2.18. The molecule has 1 aliphatic rings. The van der Waals surface area contributed by atoms with Crippen molar-refractivity contribution in [2.45, 2.75) is 32.6 Å². The Bertz CT molecular complexity index is 97.1. The lowest BCUT2D eigenvalue weighted by molar-refractivity contribution is -0.119. The third-order valence-electron chi connectivity index (χ3n) is 2.00. The molecule has 0 N–H and O–H groups in total. The van der Waals surface area contributed by atoms with Gasteiger partial charge < -0.3 is 0 Å². The smallest absolute Gasteiger partial charge is 0.177 e. The van der Waals surface area contributed by atoms with E-state index in [9.17, 15) is 4.79 Å². The van der Waals surface area contributed by atoms with Crippen LogP contribution in [-0.2, 0) is 4.79 Å². The van der Waals surface area contributed by atoms with Gasteiger partial charge in [0, 0.05) is 6.42 Å². The van der Waals surface area contributed by atoms with Crippen molar-refractivity contribution in [1.29, 1.82) is 0 Å². The van der Waals surface area contributed by atoms with Crippen LogP contribution in [0.5, 0.6) is 0 Å². The Balaban J connectivity index is 2.26. The lowest BCUT2D eigenvalue weighted by Gasteiger charge is -2.09. The molecule has 0 saturated heterocycles. The van der Waals surface area contributed by atoms with Gasteiger partial charge in [-0.15, -0.1) is 0 Å². The van der Waals surface area contributed by atoms with Gasteiger partial charge in [-0.2, -0.15) is 0 Å². The summed E-state index contributed by atoms with van der Waals surface area (Å²) in [4.78, 5) is 10.7. The van der Waals surface area contributed by atoms with Crippen molar-refractivity contribution in [3.63, 3.8) is 0 Å². The molecule has 1 atom stereocenters. The maximum Gasteiger partial charge on any atom is 0.177 e. The monoisotopic (exact) mass is 125 g/mol. The van der Waals surface area contributed by atoms with E-state index < -0.39 is 0 Å². The Morgan fingerprint density at radius 1 is 1.78 bits per heavy atom. The second-order valence-electron chi connectivity index (χ2n) is 2.69. The first-order valence-electron chi connectivity index (χ1n) is 3.68. The highest BCUT2D eigenvalue weighted by molar-refractivity contribution is 5.80. The lowest BCUT2D eigenvalue weighted by Crippen LogP contribution is -2.13. The highest BCUT2D eigenvalue weighted by atomic mass is 16.1. The molecule has 1 unspecified atom stereocenters. The fraction of sp³-hybridized carbons (Fsp3) is 0.750. The molecule has 1 fully saturated rings. The minimum atomic E-state index is 0.416. The van der Waals surface area contributed by atoms with Crippen LogP contribution in [0, 0.1) is 12.3 Å². The van der Waals surface area contributed by atoms with Gasteiger partial charge >= 0.3 is 0 Å². The number of rotatable bonds is 1. The summed E-state index contributed by atoms with van der Waals surface area (Å²) in [5.41, 5.74) is 0. The van der Waals surface area contributed by atoms with Gasteiger partial charge in [0.05, 0.1) is 12.3 Å². The summed E-state index contributed by atoms with van der Waals surface area (Å²) < 4.78 is 0. The molecule has 1 heteroatoms. The van der Waals surface area contributed by atoms with Crippen molar-refractivity contribution >= 4 is 5.78 Å². The molecule has 50 valence electrons. The Morgan fingerprint density at radius 2 is 2.56 bits per heavy atom. The maximum absolute atomic E-state index is 10.7. The Labute approximate surface area is 56.4 Å². The molecule has 0 heterocycles. The Hall–Kier alpha value is -0.460. The summed E-state index contributed by atoms with van der Waals surface area (Å²) in [5, 5.41) is 0. The van der Waals surface area contributed by atoms with E-state index in [4.69, 9.17) is 0 Å². The van der Waals surface area contributed by atoms with Crippen molar-refractivity contribution in [2.24, 2.45) is 5.92 Å². The zero-order valence-electron chi connectivity index (χ0n) is 5.89. The first kappa shape index (κ1) is 6.66. The molecule has 0 spiro atoms. The van der Waals surface area contributed by atoms with Crippen molar-refractivity contribution in [1.82, 2.24) is 0 Å². The van der Waals surface area contributed by atoms with Gasteiger partial charge in [-0.05, 0) is 12.8 Å². The second kappa shape index (κ2) is 2.90. The van der Waals surface area contributed by atoms with Crippen LogP contribution in [0.25, 0.3) is 0 Å². The number of ketones is 1. The highest BCUT2D eigenvalue weighted by Gasteiger charge is 2.24. The zero-order valence-corrected chi connectivity index (χ0v) is 5.89. The fourth-order valence-corrected chi connectivity index (χ4v) is 1.24. The summed E-state index contributed by atoms with van der Waals surface area (Å²) in [6.07, 6.45) is 5.99. The van der Waals surface area contributed by atoms with Gasteiger partial charge in [-0.25, -0.2) is 0 Å². The molecule has 1 aliphatic carbocycles. The lowest BCUT2D eigenvalue weighted by atomic mass is 9.87.